The molecule has 1 aliphatic carbocycles. The van der Waals surface area contributed by atoms with Crippen LogP contribution in [-0.4, -0.2) is 16.9 Å². The van der Waals surface area contributed by atoms with Crippen LogP contribution in [0.25, 0.3) is 0 Å². The summed E-state index contributed by atoms with van der Waals surface area (Å²) in [7, 11) is 0. The summed E-state index contributed by atoms with van der Waals surface area (Å²) in [4.78, 5) is 22.1. The predicted octanol–water partition coefficient (Wildman–Crippen LogP) is 2.02. The second-order valence-electron chi connectivity index (χ2n) is 4.55. The molecule has 0 heterocycles. The third-order valence-corrected chi connectivity index (χ3v) is 3.32. The van der Waals surface area contributed by atoms with E-state index in [1.807, 2.05) is 0 Å². The molecule has 1 aromatic carbocycles. The van der Waals surface area contributed by atoms with Crippen molar-refractivity contribution >= 4 is 11.6 Å². The van der Waals surface area contributed by atoms with Crippen LogP contribution in [0.3, 0.4) is 0 Å². The van der Waals surface area contributed by atoms with Crippen LogP contribution in [0.4, 0.5) is 5.69 Å². The van der Waals surface area contributed by atoms with E-state index in [2.05, 4.69) is 11.4 Å². The Balaban J connectivity index is 2.10. The van der Waals surface area contributed by atoms with Gasteiger partial charge in [-0.2, -0.15) is 5.26 Å². The van der Waals surface area contributed by atoms with Crippen molar-refractivity contribution in [2.75, 3.05) is 0 Å². The van der Waals surface area contributed by atoms with E-state index in [0.29, 0.717) is 0 Å². The summed E-state index contributed by atoms with van der Waals surface area (Å²) in [6.45, 7) is 0. The summed E-state index contributed by atoms with van der Waals surface area (Å²) < 4.78 is 0. The van der Waals surface area contributed by atoms with Gasteiger partial charge in [-0.3, -0.25) is 14.9 Å². The zero-order valence-corrected chi connectivity index (χ0v) is 10.2. The molecular formula is C13H13N3O3. The summed E-state index contributed by atoms with van der Waals surface area (Å²) in [5.41, 5.74) is 0.133. The van der Waals surface area contributed by atoms with Gasteiger partial charge < -0.3 is 5.32 Å². The molecule has 1 fully saturated rings. The number of non-ortho nitro benzene ring substituents is 1. The highest BCUT2D eigenvalue weighted by Gasteiger charge is 2.28. The topological polar surface area (TPSA) is 96.0 Å². The van der Waals surface area contributed by atoms with Gasteiger partial charge in [0.05, 0.1) is 16.9 Å². The summed E-state index contributed by atoms with van der Waals surface area (Å²) in [5.74, 6) is -0.529. The van der Waals surface area contributed by atoms with E-state index in [9.17, 15) is 14.9 Å². The van der Waals surface area contributed by atoms with Gasteiger partial charge in [-0.15, -0.1) is 0 Å². The molecule has 6 nitrogen and oxygen atoms in total. The average Bonchev–Trinajstić information content (AvgIpc) is 2.86. The van der Waals surface area contributed by atoms with Crippen LogP contribution >= 0.6 is 0 Å². The summed E-state index contributed by atoms with van der Waals surface area (Å²) >= 11 is 0. The largest absolute Gasteiger partial charge is 0.348 e. The smallest absolute Gasteiger partial charge is 0.270 e. The third-order valence-electron chi connectivity index (χ3n) is 3.32. The standard InChI is InChI=1S/C13H13N3O3/c14-8-10-4-2-6-12(10)15-13(17)9-3-1-5-11(7-9)16(18)19/h1,3,5,7,10,12H,2,4,6H2,(H,15,17). The Morgan fingerprint density at radius 2 is 2.26 bits per heavy atom. The lowest BCUT2D eigenvalue weighted by Gasteiger charge is -2.15. The molecule has 1 N–H and O–H groups in total. The van der Waals surface area contributed by atoms with E-state index in [1.54, 1.807) is 0 Å². The van der Waals surface area contributed by atoms with Crippen molar-refractivity contribution in [2.24, 2.45) is 5.92 Å². The first-order valence-electron chi connectivity index (χ1n) is 6.07. The summed E-state index contributed by atoms with van der Waals surface area (Å²) in [5, 5.41) is 22.4. The highest BCUT2D eigenvalue weighted by molar-refractivity contribution is 5.95. The monoisotopic (exact) mass is 259 g/mol. The number of carbonyl (C=O) groups excluding carboxylic acids is 1. The third kappa shape index (κ3) is 2.88. The molecule has 0 aliphatic heterocycles. The van der Waals surface area contributed by atoms with Crippen LogP contribution in [0, 0.1) is 27.4 Å². The number of hydrogen-bond acceptors (Lipinski definition) is 4. The average molecular weight is 259 g/mol. The van der Waals surface area contributed by atoms with Crippen LogP contribution in [0.2, 0.25) is 0 Å². The molecule has 1 amide bonds. The van der Waals surface area contributed by atoms with Crippen molar-refractivity contribution in [3.63, 3.8) is 0 Å². The first kappa shape index (κ1) is 13.0. The highest BCUT2D eigenvalue weighted by Crippen LogP contribution is 2.25. The number of rotatable bonds is 3. The van der Waals surface area contributed by atoms with Crippen LogP contribution in [0.1, 0.15) is 29.6 Å². The van der Waals surface area contributed by atoms with Crippen LogP contribution < -0.4 is 5.32 Å². The number of nitro benzene ring substituents is 1. The molecule has 2 atom stereocenters. The zero-order valence-electron chi connectivity index (χ0n) is 10.2. The van der Waals surface area contributed by atoms with Crippen LogP contribution in [0.15, 0.2) is 24.3 Å². The Kier molecular flexibility index (Phi) is 3.76. The molecule has 2 rings (SSSR count). The molecule has 2 unspecified atom stereocenters. The van der Waals surface area contributed by atoms with Gasteiger partial charge in [-0.05, 0) is 25.3 Å². The lowest BCUT2D eigenvalue weighted by molar-refractivity contribution is -0.384. The number of benzene rings is 1. The lowest BCUT2D eigenvalue weighted by atomic mass is 10.1. The first-order chi connectivity index (χ1) is 9.11. The molecule has 6 heteroatoms. The van der Waals surface area contributed by atoms with Gasteiger partial charge in [-0.1, -0.05) is 6.07 Å². The maximum Gasteiger partial charge on any atom is 0.270 e. The molecule has 1 saturated carbocycles. The van der Waals surface area contributed by atoms with Crippen molar-refractivity contribution < 1.29 is 9.72 Å². The fourth-order valence-corrected chi connectivity index (χ4v) is 2.30. The van der Waals surface area contributed by atoms with E-state index in [0.717, 1.165) is 19.3 Å². The van der Waals surface area contributed by atoms with Gasteiger partial charge in [0.2, 0.25) is 0 Å². The fraction of sp³-hybridized carbons (Fsp3) is 0.385. The number of hydrogen-bond donors (Lipinski definition) is 1. The van der Waals surface area contributed by atoms with E-state index >= 15 is 0 Å². The van der Waals surface area contributed by atoms with E-state index < -0.39 is 4.92 Å². The van der Waals surface area contributed by atoms with Crippen LogP contribution in [-0.2, 0) is 0 Å². The molecule has 0 spiro atoms. The van der Waals surface area contributed by atoms with Gasteiger partial charge in [-0.25, -0.2) is 0 Å². The number of nitrogens with one attached hydrogen (secondary N) is 1. The van der Waals surface area contributed by atoms with Crippen molar-refractivity contribution in [1.29, 1.82) is 5.26 Å². The first-order valence-corrected chi connectivity index (χ1v) is 6.07. The SMILES string of the molecule is N#CC1CCCC1NC(=O)c1cccc([N+](=O)[O-])c1. The summed E-state index contributed by atoms with van der Waals surface area (Å²) in [6, 6.07) is 7.60. The van der Waals surface area contributed by atoms with Gasteiger partial charge >= 0.3 is 0 Å². The number of nitro groups is 1. The molecule has 19 heavy (non-hydrogen) atoms. The number of nitrogens with zero attached hydrogens (tertiary/aromatic N) is 2. The molecule has 0 bridgehead atoms. The number of amides is 1. The van der Waals surface area contributed by atoms with E-state index in [-0.39, 0.29) is 29.1 Å². The molecule has 0 radical (unpaired) electrons. The minimum absolute atomic E-state index is 0.115. The van der Waals surface area contributed by atoms with Gasteiger partial charge in [0.25, 0.3) is 11.6 Å². The minimum Gasteiger partial charge on any atom is -0.348 e. The molecule has 1 aliphatic rings. The van der Waals surface area contributed by atoms with E-state index in [1.165, 1.54) is 24.3 Å². The molecule has 0 aromatic heterocycles. The quantitative estimate of drug-likeness (QED) is 0.663. The summed E-state index contributed by atoms with van der Waals surface area (Å²) in [6.07, 6.45) is 2.48. The Bertz CT molecular complexity index is 550. The molecular weight excluding hydrogens is 246 g/mol. The molecule has 98 valence electrons. The zero-order chi connectivity index (χ0) is 13.8. The van der Waals surface area contributed by atoms with Gasteiger partial charge in [0.15, 0.2) is 0 Å². The normalized spacial score (nSPS) is 21.6. The number of nitriles is 1. The maximum atomic E-state index is 12.0. The molecule has 1 aromatic rings. The van der Waals surface area contributed by atoms with Crippen molar-refractivity contribution in [3.8, 4) is 6.07 Å². The van der Waals surface area contributed by atoms with Gasteiger partial charge in [0, 0.05) is 23.7 Å². The lowest BCUT2D eigenvalue weighted by Crippen LogP contribution is -2.36. The Labute approximate surface area is 110 Å². The Morgan fingerprint density at radius 1 is 1.47 bits per heavy atom. The van der Waals surface area contributed by atoms with Crippen molar-refractivity contribution in [2.45, 2.75) is 25.3 Å². The second kappa shape index (κ2) is 5.48. The Hall–Kier alpha value is -2.42. The highest BCUT2D eigenvalue weighted by atomic mass is 16.6. The Morgan fingerprint density at radius 3 is 2.95 bits per heavy atom. The van der Waals surface area contributed by atoms with Gasteiger partial charge in [0.1, 0.15) is 0 Å². The molecule has 0 saturated heterocycles. The van der Waals surface area contributed by atoms with Crippen molar-refractivity contribution in [1.82, 2.24) is 5.32 Å². The second-order valence-corrected chi connectivity index (χ2v) is 4.55. The maximum absolute atomic E-state index is 12.0. The predicted molar refractivity (Wildman–Crippen MR) is 67.3 cm³/mol. The van der Waals surface area contributed by atoms with Crippen molar-refractivity contribution in [3.05, 3.63) is 39.9 Å². The fourth-order valence-electron chi connectivity index (χ4n) is 2.30. The minimum atomic E-state index is -0.537. The van der Waals surface area contributed by atoms with Crippen LogP contribution in [0.5, 0.6) is 0 Å². The van der Waals surface area contributed by atoms with E-state index in [4.69, 9.17) is 5.26 Å². The number of carbonyl (C=O) groups is 1.